The second-order valence-electron chi connectivity index (χ2n) is 3.65. The fourth-order valence-corrected chi connectivity index (χ4v) is 2.21. The molecule has 3 heteroatoms. The van der Waals surface area contributed by atoms with Crippen LogP contribution in [0, 0.1) is 3.57 Å². The minimum absolute atomic E-state index is 0.00321. The molecule has 0 aliphatic carbocycles. The van der Waals surface area contributed by atoms with Crippen molar-refractivity contribution in [3.8, 4) is 5.75 Å². The lowest BCUT2D eigenvalue weighted by Gasteiger charge is -2.11. The van der Waals surface area contributed by atoms with Gasteiger partial charge in [0.05, 0.1) is 6.61 Å². The molecule has 0 atom stereocenters. The molecule has 0 aromatic heterocycles. The highest BCUT2D eigenvalue weighted by Gasteiger charge is 2.06. The highest BCUT2D eigenvalue weighted by Crippen LogP contribution is 2.24. The summed E-state index contributed by atoms with van der Waals surface area (Å²) in [6.07, 6.45) is 0. The van der Waals surface area contributed by atoms with Gasteiger partial charge in [-0.2, -0.15) is 0 Å². The molecule has 0 saturated carbocycles. The van der Waals surface area contributed by atoms with Gasteiger partial charge < -0.3 is 9.84 Å². The van der Waals surface area contributed by atoms with Crippen LogP contribution in [0.2, 0.25) is 0 Å². The number of aliphatic hydroxyl groups is 1. The van der Waals surface area contributed by atoms with Crippen LogP contribution in [-0.2, 0) is 13.2 Å². The van der Waals surface area contributed by atoms with Crippen molar-refractivity contribution in [3.63, 3.8) is 0 Å². The largest absolute Gasteiger partial charge is 0.488 e. The predicted octanol–water partition coefficient (Wildman–Crippen LogP) is 3.36. The fraction of sp³-hybridized carbons (Fsp3) is 0.143. The van der Waals surface area contributed by atoms with Gasteiger partial charge in [-0.05, 0) is 40.3 Å². The third-order valence-electron chi connectivity index (χ3n) is 2.47. The molecular weight excluding hydrogens is 327 g/mol. The first-order chi connectivity index (χ1) is 8.31. The summed E-state index contributed by atoms with van der Waals surface area (Å²) >= 11 is 2.20. The van der Waals surface area contributed by atoms with E-state index < -0.39 is 0 Å². The average molecular weight is 340 g/mol. The molecule has 0 aliphatic heterocycles. The molecule has 88 valence electrons. The van der Waals surface area contributed by atoms with Crippen molar-refractivity contribution in [1.82, 2.24) is 0 Å². The Hall–Kier alpha value is -1.07. The predicted molar refractivity (Wildman–Crippen MR) is 75.9 cm³/mol. The molecule has 0 bridgehead atoms. The molecule has 0 unspecified atom stereocenters. The molecule has 2 aromatic rings. The maximum Gasteiger partial charge on any atom is 0.126 e. The van der Waals surface area contributed by atoms with Gasteiger partial charge in [0.15, 0.2) is 0 Å². The third kappa shape index (κ3) is 3.20. The second kappa shape index (κ2) is 6.02. The Balaban J connectivity index is 2.12. The van der Waals surface area contributed by atoms with Gasteiger partial charge in [0.25, 0.3) is 0 Å². The first kappa shape index (κ1) is 12.4. The second-order valence-corrected chi connectivity index (χ2v) is 4.81. The SMILES string of the molecule is OCc1c(I)cccc1OCc1ccccc1. The number of benzene rings is 2. The first-order valence-corrected chi connectivity index (χ1v) is 6.44. The van der Waals surface area contributed by atoms with Gasteiger partial charge >= 0.3 is 0 Å². The van der Waals surface area contributed by atoms with Crippen molar-refractivity contribution in [3.05, 3.63) is 63.2 Å². The van der Waals surface area contributed by atoms with E-state index in [0.717, 1.165) is 20.4 Å². The lowest BCUT2D eigenvalue weighted by molar-refractivity contribution is 0.258. The number of ether oxygens (including phenoxy) is 1. The zero-order valence-electron chi connectivity index (χ0n) is 9.27. The summed E-state index contributed by atoms with van der Waals surface area (Å²) in [4.78, 5) is 0. The van der Waals surface area contributed by atoms with E-state index in [1.807, 2.05) is 48.5 Å². The Morgan fingerprint density at radius 1 is 1.00 bits per heavy atom. The smallest absolute Gasteiger partial charge is 0.126 e. The highest BCUT2D eigenvalue weighted by atomic mass is 127. The topological polar surface area (TPSA) is 29.5 Å². The van der Waals surface area contributed by atoms with Gasteiger partial charge in [-0.1, -0.05) is 36.4 Å². The molecule has 0 saturated heterocycles. The normalized spacial score (nSPS) is 10.2. The van der Waals surface area contributed by atoms with Crippen LogP contribution in [0.3, 0.4) is 0 Å². The summed E-state index contributed by atoms with van der Waals surface area (Å²) in [7, 11) is 0. The monoisotopic (exact) mass is 340 g/mol. The number of halogens is 1. The number of hydrogen-bond donors (Lipinski definition) is 1. The third-order valence-corrected chi connectivity index (χ3v) is 3.48. The Morgan fingerprint density at radius 2 is 1.76 bits per heavy atom. The van der Waals surface area contributed by atoms with E-state index in [-0.39, 0.29) is 6.61 Å². The maximum atomic E-state index is 9.31. The summed E-state index contributed by atoms with van der Waals surface area (Å²) in [6, 6.07) is 15.8. The van der Waals surface area contributed by atoms with Crippen LogP contribution >= 0.6 is 22.6 Å². The molecule has 0 radical (unpaired) electrons. The van der Waals surface area contributed by atoms with Gasteiger partial charge in [-0.15, -0.1) is 0 Å². The molecule has 1 N–H and O–H groups in total. The van der Waals surface area contributed by atoms with Crippen molar-refractivity contribution < 1.29 is 9.84 Å². The quantitative estimate of drug-likeness (QED) is 0.865. The van der Waals surface area contributed by atoms with E-state index >= 15 is 0 Å². The van der Waals surface area contributed by atoms with Crippen molar-refractivity contribution in [2.75, 3.05) is 0 Å². The van der Waals surface area contributed by atoms with Crippen LogP contribution in [0.15, 0.2) is 48.5 Å². The van der Waals surface area contributed by atoms with E-state index in [1.54, 1.807) is 0 Å². The first-order valence-electron chi connectivity index (χ1n) is 5.36. The minimum atomic E-state index is 0.00321. The van der Waals surface area contributed by atoms with Crippen LogP contribution in [0.5, 0.6) is 5.75 Å². The van der Waals surface area contributed by atoms with Crippen LogP contribution in [0.4, 0.5) is 0 Å². The molecule has 17 heavy (non-hydrogen) atoms. The van der Waals surface area contributed by atoms with Gasteiger partial charge in [0.2, 0.25) is 0 Å². The van der Waals surface area contributed by atoms with Crippen LogP contribution in [0.1, 0.15) is 11.1 Å². The van der Waals surface area contributed by atoms with Crippen LogP contribution < -0.4 is 4.74 Å². The van der Waals surface area contributed by atoms with Crippen molar-refractivity contribution in [2.24, 2.45) is 0 Å². The maximum absolute atomic E-state index is 9.31. The molecule has 0 amide bonds. The molecule has 0 fully saturated rings. The van der Waals surface area contributed by atoms with E-state index in [0.29, 0.717) is 6.61 Å². The van der Waals surface area contributed by atoms with Crippen LogP contribution in [0.25, 0.3) is 0 Å². The lowest BCUT2D eigenvalue weighted by atomic mass is 10.2. The lowest BCUT2D eigenvalue weighted by Crippen LogP contribution is -2.00. The minimum Gasteiger partial charge on any atom is -0.488 e. The van der Waals surface area contributed by atoms with Crippen LogP contribution in [-0.4, -0.2) is 5.11 Å². The van der Waals surface area contributed by atoms with E-state index in [9.17, 15) is 5.11 Å². The Morgan fingerprint density at radius 3 is 2.47 bits per heavy atom. The summed E-state index contributed by atoms with van der Waals surface area (Å²) in [5.41, 5.74) is 1.97. The van der Waals surface area contributed by atoms with Gasteiger partial charge in [0.1, 0.15) is 12.4 Å². The zero-order valence-corrected chi connectivity index (χ0v) is 11.4. The molecule has 2 aromatic carbocycles. The summed E-state index contributed by atoms with van der Waals surface area (Å²) < 4.78 is 6.75. The molecule has 0 aliphatic rings. The Kier molecular flexibility index (Phi) is 4.39. The average Bonchev–Trinajstić information content (AvgIpc) is 2.37. The summed E-state index contributed by atoms with van der Waals surface area (Å²) in [5.74, 6) is 0.753. The Bertz CT molecular complexity index is 483. The van der Waals surface area contributed by atoms with Gasteiger partial charge in [0, 0.05) is 9.13 Å². The molecular formula is C14H13IO2. The number of rotatable bonds is 4. The molecule has 2 rings (SSSR count). The Labute approximate surface area is 114 Å². The molecule has 0 spiro atoms. The van der Waals surface area contributed by atoms with E-state index in [2.05, 4.69) is 22.6 Å². The molecule has 2 nitrogen and oxygen atoms in total. The van der Waals surface area contributed by atoms with Gasteiger partial charge in [-0.3, -0.25) is 0 Å². The number of hydrogen-bond acceptors (Lipinski definition) is 2. The highest BCUT2D eigenvalue weighted by molar-refractivity contribution is 14.1. The van der Waals surface area contributed by atoms with E-state index in [1.165, 1.54) is 0 Å². The van der Waals surface area contributed by atoms with Crippen molar-refractivity contribution >= 4 is 22.6 Å². The van der Waals surface area contributed by atoms with E-state index in [4.69, 9.17) is 4.74 Å². The summed E-state index contributed by atoms with van der Waals surface area (Å²) in [5, 5.41) is 9.31. The van der Waals surface area contributed by atoms with Gasteiger partial charge in [-0.25, -0.2) is 0 Å². The number of aliphatic hydroxyl groups excluding tert-OH is 1. The zero-order chi connectivity index (χ0) is 12.1. The standard InChI is InChI=1S/C14H13IO2/c15-13-7-4-8-14(12(13)9-16)17-10-11-5-2-1-3-6-11/h1-8,16H,9-10H2. The van der Waals surface area contributed by atoms with Crippen molar-refractivity contribution in [2.45, 2.75) is 13.2 Å². The molecule has 0 heterocycles. The van der Waals surface area contributed by atoms with Crippen molar-refractivity contribution in [1.29, 1.82) is 0 Å². The fourth-order valence-electron chi connectivity index (χ4n) is 1.56. The summed E-state index contributed by atoms with van der Waals surface area (Å²) in [6.45, 7) is 0.525.